The summed E-state index contributed by atoms with van der Waals surface area (Å²) < 4.78 is 23.3. The molecule has 1 aliphatic heterocycles. The number of Topliss-reactive ketones (excluding diaryl/α,β-unsaturated/α-hetero) is 1. The normalized spacial score (nSPS) is 23.4. The Balaban J connectivity index is 2.55. The molecule has 1 saturated heterocycles. The Morgan fingerprint density at radius 1 is 1.29 bits per heavy atom. The zero-order valence-electron chi connectivity index (χ0n) is 10.2. The van der Waals surface area contributed by atoms with Crippen molar-refractivity contribution in [2.75, 3.05) is 12.3 Å². The summed E-state index contributed by atoms with van der Waals surface area (Å²) in [5.41, 5.74) is 0. The second kappa shape index (κ2) is 5.62. The molecule has 98 valence electrons. The summed E-state index contributed by atoms with van der Waals surface area (Å²) in [7, 11) is -3.31. The molecule has 17 heavy (non-hydrogen) atoms. The second-order valence-electron chi connectivity index (χ2n) is 4.69. The number of hydrogen-bond donors (Lipinski definition) is 1. The number of sulfone groups is 1. The molecule has 0 aromatic carbocycles. The molecule has 6 heteroatoms. The number of hydrogen-bond acceptors (Lipinski definition) is 4. The minimum absolute atomic E-state index is 0.0726. The molecule has 0 aromatic heterocycles. The van der Waals surface area contributed by atoms with Gasteiger partial charge in [-0.1, -0.05) is 20.3 Å². The molecular formula is C11H19NO4S. The molecule has 1 unspecified atom stereocenters. The van der Waals surface area contributed by atoms with E-state index in [1.807, 2.05) is 0 Å². The van der Waals surface area contributed by atoms with Crippen LogP contribution in [0, 0.1) is 5.92 Å². The Labute approximate surface area is 102 Å². The van der Waals surface area contributed by atoms with Gasteiger partial charge in [0.25, 0.3) is 0 Å². The maximum Gasteiger partial charge on any atom is 0.238 e. The molecule has 0 saturated carbocycles. The van der Waals surface area contributed by atoms with Gasteiger partial charge in [-0.25, -0.2) is 8.42 Å². The number of carbonyl (C=O) groups excluding carboxylic acids is 2. The zero-order valence-corrected chi connectivity index (χ0v) is 11.0. The highest BCUT2D eigenvalue weighted by Crippen LogP contribution is 2.19. The average molecular weight is 261 g/mol. The van der Waals surface area contributed by atoms with Crippen LogP contribution in [0.15, 0.2) is 0 Å². The highest BCUT2D eigenvalue weighted by molar-refractivity contribution is 7.92. The smallest absolute Gasteiger partial charge is 0.238 e. The molecule has 1 N–H and O–H groups in total. The molecule has 0 aromatic rings. The van der Waals surface area contributed by atoms with Crippen molar-refractivity contribution < 1.29 is 18.0 Å². The van der Waals surface area contributed by atoms with Crippen molar-refractivity contribution >= 4 is 21.5 Å². The summed E-state index contributed by atoms with van der Waals surface area (Å²) in [6, 6.07) is 0. The molecule has 0 spiro atoms. The summed E-state index contributed by atoms with van der Waals surface area (Å²) in [6.07, 6.45) is 1.73. The van der Waals surface area contributed by atoms with Gasteiger partial charge < -0.3 is 5.32 Å². The number of nitrogens with one attached hydrogen (secondary N) is 1. The Morgan fingerprint density at radius 2 is 1.94 bits per heavy atom. The van der Waals surface area contributed by atoms with Crippen LogP contribution >= 0.6 is 0 Å². The van der Waals surface area contributed by atoms with E-state index in [2.05, 4.69) is 5.32 Å². The van der Waals surface area contributed by atoms with E-state index in [4.69, 9.17) is 0 Å². The number of rotatable bonds is 4. The maximum atomic E-state index is 11.7. The lowest BCUT2D eigenvalue weighted by molar-refractivity contribution is -0.126. The van der Waals surface area contributed by atoms with E-state index in [-0.39, 0.29) is 24.0 Å². The molecule has 0 radical (unpaired) electrons. The highest BCUT2D eigenvalue weighted by Gasteiger charge is 2.34. The first kappa shape index (κ1) is 14.2. The van der Waals surface area contributed by atoms with Gasteiger partial charge in [-0.3, -0.25) is 9.59 Å². The summed E-state index contributed by atoms with van der Waals surface area (Å²) >= 11 is 0. The number of ketones is 1. The molecule has 1 heterocycles. The third-order valence-electron chi connectivity index (χ3n) is 2.95. The Bertz CT molecular complexity index is 400. The fourth-order valence-electron chi connectivity index (χ4n) is 1.74. The minimum Gasteiger partial charge on any atom is -0.348 e. The molecule has 1 aliphatic rings. The van der Waals surface area contributed by atoms with E-state index in [1.165, 1.54) is 0 Å². The Hall–Kier alpha value is -0.910. The van der Waals surface area contributed by atoms with Gasteiger partial charge in [0.2, 0.25) is 5.91 Å². The minimum atomic E-state index is -3.31. The molecule has 1 atom stereocenters. The van der Waals surface area contributed by atoms with Crippen molar-refractivity contribution in [3.8, 4) is 0 Å². The fraction of sp³-hybridized carbons (Fsp3) is 0.818. The maximum absolute atomic E-state index is 11.7. The van der Waals surface area contributed by atoms with Gasteiger partial charge in [-0.05, 0) is 12.8 Å². The first-order valence-corrected chi connectivity index (χ1v) is 7.58. The van der Waals surface area contributed by atoms with E-state index in [0.29, 0.717) is 12.8 Å². The topological polar surface area (TPSA) is 80.3 Å². The average Bonchev–Trinajstić information content (AvgIpc) is 2.24. The van der Waals surface area contributed by atoms with Gasteiger partial charge in [-0.15, -0.1) is 0 Å². The van der Waals surface area contributed by atoms with Crippen molar-refractivity contribution in [3.63, 3.8) is 0 Å². The zero-order chi connectivity index (χ0) is 13.1. The molecule has 5 nitrogen and oxygen atoms in total. The SMILES string of the molecule is CC(C)C(=O)CNC(=O)C1CCCCS1(=O)=O. The van der Waals surface area contributed by atoms with Crippen LogP contribution in [0.25, 0.3) is 0 Å². The van der Waals surface area contributed by atoms with Crippen molar-refractivity contribution in [2.45, 2.75) is 38.4 Å². The molecular weight excluding hydrogens is 242 g/mol. The number of carbonyl (C=O) groups is 2. The van der Waals surface area contributed by atoms with E-state index < -0.39 is 21.0 Å². The Morgan fingerprint density at radius 3 is 2.47 bits per heavy atom. The first-order valence-electron chi connectivity index (χ1n) is 5.86. The molecule has 1 amide bonds. The van der Waals surface area contributed by atoms with Crippen molar-refractivity contribution in [3.05, 3.63) is 0 Å². The second-order valence-corrected chi connectivity index (χ2v) is 6.99. The van der Waals surface area contributed by atoms with Gasteiger partial charge in [0.05, 0.1) is 12.3 Å². The lowest BCUT2D eigenvalue weighted by Crippen LogP contribution is -2.44. The summed E-state index contributed by atoms with van der Waals surface area (Å²) in [4.78, 5) is 23.0. The van der Waals surface area contributed by atoms with E-state index in [0.717, 1.165) is 6.42 Å². The highest BCUT2D eigenvalue weighted by atomic mass is 32.2. The van der Waals surface area contributed by atoms with Gasteiger partial charge in [0.1, 0.15) is 5.25 Å². The summed E-state index contributed by atoms with van der Waals surface area (Å²) in [5, 5.41) is 1.46. The summed E-state index contributed by atoms with van der Waals surface area (Å²) in [6.45, 7) is 3.40. The van der Waals surface area contributed by atoms with E-state index in [9.17, 15) is 18.0 Å². The van der Waals surface area contributed by atoms with Crippen molar-refractivity contribution in [1.82, 2.24) is 5.32 Å². The van der Waals surface area contributed by atoms with Crippen LogP contribution in [0.5, 0.6) is 0 Å². The van der Waals surface area contributed by atoms with Gasteiger partial charge in [-0.2, -0.15) is 0 Å². The lowest BCUT2D eigenvalue weighted by atomic mass is 10.1. The van der Waals surface area contributed by atoms with Crippen molar-refractivity contribution in [1.29, 1.82) is 0 Å². The predicted octanol–water partition coefficient (Wildman–Crippen LogP) is 0.295. The van der Waals surface area contributed by atoms with Gasteiger partial charge >= 0.3 is 0 Å². The van der Waals surface area contributed by atoms with Crippen LogP contribution in [0.1, 0.15) is 33.1 Å². The molecule has 1 fully saturated rings. The monoisotopic (exact) mass is 261 g/mol. The van der Waals surface area contributed by atoms with Crippen LogP contribution in [0.3, 0.4) is 0 Å². The number of amides is 1. The van der Waals surface area contributed by atoms with Crippen LogP contribution in [0.4, 0.5) is 0 Å². The first-order chi connectivity index (χ1) is 7.84. The Kier molecular flexibility index (Phi) is 4.68. The molecule has 1 rings (SSSR count). The quantitative estimate of drug-likeness (QED) is 0.789. The van der Waals surface area contributed by atoms with E-state index in [1.54, 1.807) is 13.8 Å². The van der Waals surface area contributed by atoms with Crippen molar-refractivity contribution in [2.24, 2.45) is 5.92 Å². The van der Waals surface area contributed by atoms with Crippen LogP contribution in [0.2, 0.25) is 0 Å². The summed E-state index contributed by atoms with van der Waals surface area (Å²) in [5.74, 6) is -0.702. The molecule has 0 aliphatic carbocycles. The third kappa shape index (κ3) is 3.80. The standard InChI is InChI=1S/C11H19NO4S/c1-8(2)9(13)7-12-11(14)10-5-3-4-6-17(10,15)16/h8,10H,3-7H2,1-2H3,(H,12,14). The van der Waals surface area contributed by atoms with Gasteiger partial charge in [0, 0.05) is 5.92 Å². The predicted molar refractivity (Wildman–Crippen MR) is 64.3 cm³/mol. The fourth-order valence-corrected chi connectivity index (χ4v) is 3.57. The van der Waals surface area contributed by atoms with Crippen LogP contribution in [-0.2, 0) is 19.4 Å². The van der Waals surface area contributed by atoms with E-state index >= 15 is 0 Å². The lowest BCUT2D eigenvalue weighted by Gasteiger charge is -2.21. The van der Waals surface area contributed by atoms with Crippen LogP contribution < -0.4 is 5.32 Å². The molecule has 0 bridgehead atoms. The largest absolute Gasteiger partial charge is 0.348 e. The third-order valence-corrected chi connectivity index (χ3v) is 5.13. The van der Waals surface area contributed by atoms with Crippen LogP contribution in [-0.4, -0.2) is 37.7 Å². The van der Waals surface area contributed by atoms with Gasteiger partial charge in [0.15, 0.2) is 15.6 Å².